The molecule has 0 saturated carbocycles. The second kappa shape index (κ2) is 4.88. The summed E-state index contributed by atoms with van der Waals surface area (Å²) in [5.74, 6) is -0.340. The number of phenols is 1. The molecule has 1 amide bonds. The first-order chi connectivity index (χ1) is 8.16. The molecule has 0 aliphatic rings. The van der Waals surface area contributed by atoms with E-state index in [1.807, 2.05) is 6.07 Å². The molecule has 0 atom stereocenters. The molecule has 0 aliphatic carbocycles. The van der Waals surface area contributed by atoms with Gasteiger partial charge in [-0.1, -0.05) is 17.8 Å². The SMILES string of the molecule is NC(=O)c1cccnc1Sc1cccc(O)c1. The molecule has 86 valence electrons. The van der Waals surface area contributed by atoms with Gasteiger partial charge < -0.3 is 10.8 Å². The van der Waals surface area contributed by atoms with Crippen LogP contribution in [0.5, 0.6) is 5.75 Å². The van der Waals surface area contributed by atoms with Crippen molar-refractivity contribution >= 4 is 17.7 Å². The van der Waals surface area contributed by atoms with Crippen LogP contribution < -0.4 is 5.73 Å². The summed E-state index contributed by atoms with van der Waals surface area (Å²) in [4.78, 5) is 16.1. The van der Waals surface area contributed by atoms with E-state index in [4.69, 9.17) is 5.73 Å². The number of primary amides is 1. The highest BCUT2D eigenvalue weighted by molar-refractivity contribution is 7.99. The molecule has 0 aliphatic heterocycles. The molecular formula is C12H10N2O2S. The number of benzene rings is 1. The van der Waals surface area contributed by atoms with Gasteiger partial charge in [0.25, 0.3) is 5.91 Å². The number of carbonyl (C=O) groups is 1. The third-order valence-electron chi connectivity index (χ3n) is 2.07. The zero-order valence-electron chi connectivity index (χ0n) is 8.83. The average molecular weight is 246 g/mol. The molecule has 1 aromatic carbocycles. The van der Waals surface area contributed by atoms with Crippen LogP contribution in [-0.2, 0) is 0 Å². The molecule has 2 rings (SSSR count). The second-order valence-corrected chi connectivity index (χ2v) is 4.38. The van der Waals surface area contributed by atoms with Gasteiger partial charge in [-0.15, -0.1) is 0 Å². The monoisotopic (exact) mass is 246 g/mol. The Balaban J connectivity index is 2.33. The van der Waals surface area contributed by atoms with Crippen LogP contribution in [0.1, 0.15) is 10.4 Å². The minimum absolute atomic E-state index is 0.173. The van der Waals surface area contributed by atoms with Gasteiger partial charge in [0, 0.05) is 11.1 Å². The Morgan fingerprint density at radius 1 is 1.29 bits per heavy atom. The molecule has 1 aromatic heterocycles. The quantitative estimate of drug-likeness (QED) is 0.868. The van der Waals surface area contributed by atoms with Gasteiger partial charge in [0.15, 0.2) is 0 Å². The summed E-state index contributed by atoms with van der Waals surface area (Å²) < 4.78 is 0. The van der Waals surface area contributed by atoms with E-state index < -0.39 is 5.91 Å². The Labute approximate surface area is 102 Å². The minimum Gasteiger partial charge on any atom is -0.508 e. The van der Waals surface area contributed by atoms with Crippen molar-refractivity contribution in [1.82, 2.24) is 4.98 Å². The number of pyridine rings is 1. The zero-order chi connectivity index (χ0) is 12.3. The van der Waals surface area contributed by atoms with Crippen molar-refractivity contribution in [3.63, 3.8) is 0 Å². The predicted molar refractivity (Wildman–Crippen MR) is 65.0 cm³/mol. The van der Waals surface area contributed by atoms with Crippen molar-refractivity contribution in [3.8, 4) is 5.75 Å². The van der Waals surface area contributed by atoms with Crippen LogP contribution in [-0.4, -0.2) is 16.0 Å². The summed E-state index contributed by atoms with van der Waals surface area (Å²) in [5.41, 5.74) is 5.63. The number of nitrogens with zero attached hydrogens (tertiary/aromatic N) is 1. The highest BCUT2D eigenvalue weighted by Crippen LogP contribution is 2.30. The smallest absolute Gasteiger partial charge is 0.251 e. The average Bonchev–Trinajstić information content (AvgIpc) is 2.29. The van der Waals surface area contributed by atoms with Crippen molar-refractivity contribution in [3.05, 3.63) is 48.2 Å². The Morgan fingerprint density at radius 3 is 2.82 bits per heavy atom. The minimum atomic E-state index is -0.513. The van der Waals surface area contributed by atoms with Crippen LogP contribution in [0.25, 0.3) is 0 Å². The summed E-state index contributed by atoms with van der Waals surface area (Å²) in [6.07, 6.45) is 1.59. The Hall–Kier alpha value is -2.01. The van der Waals surface area contributed by atoms with Crippen molar-refractivity contribution < 1.29 is 9.90 Å². The molecule has 17 heavy (non-hydrogen) atoms. The number of amides is 1. The molecular weight excluding hydrogens is 236 g/mol. The van der Waals surface area contributed by atoms with E-state index in [9.17, 15) is 9.90 Å². The predicted octanol–water partition coefficient (Wildman–Crippen LogP) is 2.04. The van der Waals surface area contributed by atoms with Crippen LogP contribution in [0.2, 0.25) is 0 Å². The van der Waals surface area contributed by atoms with Gasteiger partial charge in [0.2, 0.25) is 0 Å². The highest BCUT2D eigenvalue weighted by Gasteiger charge is 2.10. The van der Waals surface area contributed by atoms with E-state index in [1.165, 1.54) is 11.8 Å². The lowest BCUT2D eigenvalue weighted by Gasteiger charge is -2.04. The van der Waals surface area contributed by atoms with Crippen LogP contribution in [0, 0.1) is 0 Å². The number of phenolic OH excluding ortho intramolecular Hbond substituents is 1. The van der Waals surface area contributed by atoms with Gasteiger partial charge in [-0.25, -0.2) is 4.98 Å². The number of rotatable bonds is 3. The van der Waals surface area contributed by atoms with E-state index in [0.29, 0.717) is 10.6 Å². The fourth-order valence-electron chi connectivity index (χ4n) is 1.32. The Bertz CT molecular complexity index is 558. The fraction of sp³-hybridized carbons (Fsp3) is 0. The van der Waals surface area contributed by atoms with Crippen LogP contribution in [0.15, 0.2) is 52.5 Å². The van der Waals surface area contributed by atoms with E-state index >= 15 is 0 Å². The zero-order valence-corrected chi connectivity index (χ0v) is 9.65. The maximum Gasteiger partial charge on any atom is 0.251 e. The van der Waals surface area contributed by atoms with Crippen LogP contribution in [0.3, 0.4) is 0 Å². The van der Waals surface area contributed by atoms with Gasteiger partial charge in [-0.2, -0.15) is 0 Å². The standard InChI is InChI=1S/C12H10N2O2S/c13-11(16)10-5-2-6-14-12(10)17-9-4-1-3-8(15)7-9/h1-7,15H,(H2,13,16). The summed E-state index contributed by atoms with van der Waals surface area (Å²) in [6.45, 7) is 0. The normalized spacial score (nSPS) is 10.1. The van der Waals surface area contributed by atoms with Crippen LogP contribution in [0.4, 0.5) is 0 Å². The van der Waals surface area contributed by atoms with E-state index in [1.54, 1.807) is 36.5 Å². The lowest BCUT2D eigenvalue weighted by molar-refractivity contribution is 0.0997. The molecule has 1 heterocycles. The molecule has 0 unspecified atom stereocenters. The maximum absolute atomic E-state index is 11.2. The van der Waals surface area contributed by atoms with Crippen molar-refractivity contribution in [2.75, 3.05) is 0 Å². The van der Waals surface area contributed by atoms with E-state index in [0.717, 1.165) is 4.90 Å². The molecule has 3 N–H and O–H groups in total. The number of hydrogen-bond donors (Lipinski definition) is 2. The lowest BCUT2D eigenvalue weighted by Crippen LogP contribution is -2.12. The second-order valence-electron chi connectivity index (χ2n) is 3.32. The Morgan fingerprint density at radius 2 is 2.12 bits per heavy atom. The molecule has 4 nitrogen and oxygen atoms in total. The summed E-state index contributed by atoms with van der Waals surface area (Å²) in [7, 11) is 0. The van der Waals surface area contributed by atoms with Gasteiger partial charge in [-0.3, -0.25) is 4.79 Å². The molecule has 0 fully saturated rings. The largest absolute Gasteiger partial charge is 0.508 e. The van der Waals surface area contributed by atoms with E-state index in [-0.39, 0.29) is 5.75 Å². The number of hydrogen-bond acceptors (Lipinski definition) is 4. The fourth-order valence-corrected chi connectivity index (χ4v) is 2.26. The molecule has 2 aromatic rings. The Kier molecular flexibility index (Phi) is 3.30. The van der Waals surface area contributed by atoms with Crippen LogP contribution >= 0.6 is 11.8 Å². The lowest BCUT2D eigenvalue weighted by atomic mass is 10.3. The molecule has 0 spiro atoms. The first-order valence-corrected chi connectivity index (χ1v) is 5.70. The van der Waals surface area contributed by atoms with Gasteiger partial charge >= 0.3 is 0 Å². The van der Waals surface area contributed by atoms with Crippen molar-refractivity contribution in [2.24, 2.45) is 5.73 Å². The number of carbonyl (C=O) groups excluding carboxylic acids is 1. The molecule has 5 heteroatoms. The van der Waals surface area contributed by atoms with Crippen molar-refractivity contribution in [1.29, 1.82) is 0 Å². The molecule has 0 radical (unpaired) electrons. The first kappa shape index (κ1) is 11.5. The third-order valence-corrected chi connectivity index (χ3v) is 3.08. The maximum atomic E-state index is 11.2. The van der Waals surface area contributed by atoms with Gasteiger partial charge in [0.05, 0.1) is 5.56 Å². The number of aromatic hydroxyl groups is 1. The summed E-state index contributed by atoms with van der Waals surface area (Å²) in [6, 6.07) is 10.0. The topological polar surface area (TPSA) is 76.2 Å². The third kappa shape index (κ3) is 2.76. The summed E-state index contributed by atoms with van der Waals surface area (Å²) >= 11 is 1.28. The molecule has 0 bridgehead atoms. The first-order valence-electron chi connectivity index (χ1n) is 4.88. The molecule has 0 saturated heterocycles. The number of aromatic nitrogens is 1. The van der Waals surface area contributed by atoms with Gasteiger partial charge in [-0.05, 0) is 30.3 Å². The highest BCUT2D eigenvalue weighted by atomic mass is 32.2. The van der Waals surface area contributed by atoms with Gasteiger partial charge in [0.1, 0.15) is 10.8 Å². The van der Waals surface area contributed by atoms with E-state index in [2.05, 4.69) is 4.98 Å². The summed E-state index contributed by atoms with van der Waals surface area (Å²) in [5, 5.41) is 9.88. The van der Waals surface area contributed by atoms with Crippen molar-refractivity contribution in [2.45, 2.75) is 9.92 Å². The number of nitrogens with two attached hydrogens (primary N) is 1.